The van der Waals surface area contributed by atoms with Crippen molar-refractivity contribution in [3.05, 3.63) is 63.1 Å². The van der Waals surface area contributed by atoms with E-state index in [1.807, 2.05) is 13.8 Å². The molecular weight excluding hydrogens is 410 g/mol. The highest BCUT2D eigenvalue weighted by atomic mass is 19.1. The van der Waals surface area contributed by atoms with Gasteiger partial charge >= 0.3 is 0 Å². The maximum Gasteiger partial charge on any atom is 0.278 e. The highest BCUT2D eigenvalue weighted by Gasteiger charge is 2.37. The summed E-state index contributed by atoms with van der Waals surface area (Å²) in [4.78, 5) is 39.7. The SMILES string of the molecule is CCCN1C(C)N(CC)C(=O)c2c(O)c(=O)c(C(=O)NCc3ccc(F)cc3F)cn21. The summed E-state index contributed by atoms with van der Waals surface area (Å²) in [7, 11) is 0. The van der Waals surface area contributed by atoms with Crippen LogP contribution in [0.25, 0.3) is 0 Å². The van der Waals surface area contributed by atoms with E-state index in [1.54, 1.807) is 11.9 Å². The topological polar surface area (TPSA) is 94.9 Å². The standard InChI is InChI=1S/C21H24F2N4O4/c1-4-8-26-12(3)25(5-2)21(31)17-19(29)18(28)15(11-27(17)26)20(30)24-10-13-6-7-14(22)9-16(13)23/h6-7,9,11-12,29H,4-5,8,10H2,1-3H3,(H,24,30). The number of rotatable bonds is 6. The first-order valence-electron chi connectivity index (χ1n) is 9.99. The van der Waals surface area contributed by atoms with Gasteiger partial charge in [0.25, 0.3) is 11.8 Å². The third-order valence-corrected chi connectivity index (χ3v) is 5.28. The van der Waals surface area contributed by atoms with Gasteiger partial charge in [-0.2, -0.15) is 0 Å². The van der Waals surface area contributed by atoms with Crippen LogP contribution >= 0.6 is 0 Å². The number of benzene rings is 1. The fourth-order valence-corrected chi connectivity index (χ4v) is 3.67. The van der Waals surface area contributed by atoms with E-state index in [2.05, 4.69) is 5.32 Å². The summed E-state index contributed by atoms with van der Waals surface area (Å²) in [5.74, 6) is -3.77. The molecule has 0 saturated carbocycles. The lowest BCUT2D eigenvalue weighted by molar-refractivity contribution is 0.0600. The zero-order chi connectivity index (χ0) is 22.9. The van der Waals surface area contributed by atoms with Crippen LogP contribution in [-0.4, -0.2) is 45.8 Å². The monoisotopic (exact) mass is 434 g/mol. The lowest BCUT2D eigenvalue weighted by atomic mass is 10.1. The fraction of sp³-hybridized carbons (Fsp3) is 0.381. The van der Waals surface area contributed by atoms with E-state index in [4.69, 9.17) is 0 Å². The smallest absolute Gasteiger partial charge is 0.278 e. The Kier molecular flexibility index (Phi) is 6.28. The number of halogens is 2. The molecule has 1 aliphatic heterocycles. The Morgan fingerprint density at radius 1 is 1.23 bits per heavy atom. The predicted molar refractivity (Wildman–Crippen MR) is 109 cm³/mol. The second-order valence-electron chi connectivity index (χ2n) is 7.22. The van der Waals surface area contributed by atoms with E-state index in [1.165, 1.54) is 21.8 Å². The Morgan fingerprint density at radius 3 is 2.55 bits per heavy atom. The zero-order valence-corrected chi connectivity index (χ0v) is 17.5. The van der Waals surface area contributed by atoms with Gasteiger partial charge in [0.15, 0.2) is 11.4 Å². The second kappa shape index (κ2) is 8.75. The minimum absolute atomic E-state index is 0.0343. The molecule has 1 unspecified atom stereocenters. The summed E-state index contributed by atoms with van der Waals surface area (Å²) < 4.78 is 28.2. The first-order chi connectivity index (χ1) is 14.7. The van der Waals surface area contributed by atoms with Gasteiger partial charge in [-0.15, -0.1) is 0 Å². The van der Waals surface area contributed by atoms with Gasteiger partial charge in [-0.3, -0.25) is 24.1 Å². The Balaban J connectivity index is 1.99. The number of pyridine rings is 1. The van der Waals surface area contributed by atoms with Crippen molar-refractivity contribution in [1.29, 1.82) is 0 Å². The van der Waals surface area contributed by atoms with Crippen LogP contribution in [-0.2, 0) is 6.54 Å². The molecule has 0 spiro atoms. The number of nitrogens with one attached hydrogen (secondary N) is 1. The number of aromatic nitrogens is 1. The molecular formula is C21H24F2N4O4. The highest BCUT2D eigenvalue weighted by molar-refractivity contribution is 5.99. The Hall–Kier alpha value is -3.43. The molecule has 0 fully saturated rings. The molecule has 1 aliphatic rings. The van der Waals surface area contributed by atoms with Gasteiger partial charge in [0, 0.05) is 37.5 Å². The van der Waals surface area contributed by atoms with Crippen LogP contribution in [0.4, 0.5) is 8.78 Å². The molecule has 1 aromatic heterocycles. The van der Waals surface area contributed by atoms with Crippen molar-refractivity contribution in [3.8, 4) is 5.75 Å². The average Bonchev–Trinajstić information content (AvgIpc) is 2.72. The molecule has 8 nitrogen and oxygen atoms in total. The van der Waals surface area contributed by atoms with E-state index < -0.39 is 40.2 Å². The summed E-state index contributed by atoms with van der Waals surface area (Å²) in [6.07, 6.45) is 1.56. The van der Waals surface area contributed by atoms with Gasteiger partial charge in [0.1, 0.15) is 23.4 Å². The number of aromatic hydroxyl groups is 1. The summed E-state index contributed by atoms with van der Waals surface area (Å²) in [6.45, 7) is 6.13. The number of carbonyl (C=O) groups excluding carboxylic acids is 2. The van der Waals surface area contributed by atoms with Crippen LogP contribution in [0.3, 0.4) is 0 Å². The van der Waals surface area contributed by atoms with Crippen molar-refractivity contribution in [3.63, 3.8) is 0 Å². The van der Waals surface area contributed by atoms with E-state index in [-0.39, 0.29) is 24.0 Å². The largest absolute Gasteiger partial charge is 0.502 e. The van der Waals surface area contributed by atoms with Crippen molar-refractivity contribution >= 4 is 11.8 Å². The van der Waals surface area contributed by atoms with Gasteiger partial charge in [0.05, 0.1) is 0 Å². The first kappa shape index (κ1) is 22.3. The van der Waals surface area contributed by atoms with Crippen molar-refractivity contribution in [1.82, 2.24) is 14.9 Å². The van der Waals surface area contributed by atoms with Crippen molar-refractivity contribution in [2.24, 2.45) is 0 Å². The Bertz CT molecular complexity index is 1090. The lowest BCUT2D eigenvalue weighted by Crippen LogP contribution is -2.60. The number of fused-ring (bicyclic) bond motifs is 1. The van der Waals surface area contributed by atoms with Crippen LogP contribution in [0.2, 0.25) is 0 Å². The second-order valence-corrected chi connectivity index (χ2v) is 7.22. The minimum atomic E-state index is -1.00. The van der Waals surface area contributed by atoms with Crippen molar-refractivity contribution in [2.75, 3.05) is 18.1 Å². The quantitative estimate of drug-likeness (QED) is 0.725. The number of carbonyl (C=O) groups is 2. The highest BCUT2D eigenvalue weighted by Crippen LogP contribution is 2.24. The van der Waals surface area contributed by atoms with Gasteiger partial charge < -0.3 is 15.3 Å². The number of amides is 2. The van der Waals surface area contributed by atoms with Crippen LogP contribution in [0.1, 0.15) is 53.6 Å². The summed E-state index contributed by atoms with van der Waals surface area (Å²) >= 11 is 0. The zero-order valence-electron chi connectivity index (χ0n) is 17.5. The van der Waals surface area contributed by atoms with E-state index in [0.29, 0.717) is 25.6 Å². The minimum Gasteiger partial charge on any atom is -0.502 e. The summed E-state index contributed by atoms with van der Waals surface area (Å²) in [5, 5.41) is 14.7. The van der Waals surface area contributed by atoms with Crippen molar-refractivity contribution < 1.29 is 23.5 Å². The molecule has 1 atom stereocenters. The van der Waals surface area contributed by atoms with E-state index >= 15 is 0 Å². The van der Waals surface area contributed by atoms with Crippen LogP contribution < -0.4 is 15.8 Å². The Labute approximate surface area is 177 Å². The maximum atomic E-state index is 13.8. The molecule has 166 valence electrons. The van der Waals surface area contributed by atoms with Gasteiger partial charge in [-0.1, -0.05) is 13.0 Å². The third kappa shape index (κ3) is 3.97. The molecule has 3 rings (SSSR count). The van der Waals surface area contributed by atoms with Crippen LogP contribution in [0.15, 0.2) is 29.2 Å². The number of hydrogen-bond donors (Lipinski definition) is 2. The maximum absolute atomic E-state index is 13.8. The van der Waals surface area contributed by atoms with Crippen molar-refractivity contribution in [2.45, 2.75) is 39.9 Å². The summed E-state index contributed by atoms with van der Waals surface area (Å²) in [5.41, 5.74) is -1.57. The first-order valence-corrected chi connectivity index (χ1v) is 9.99. The van der Waals surface area contributed by atoms with Gasteiger partial charge in [0.2, 0.25) is 5.43 Å². The molecule has 2 amide bonds. The van der Waals surface area contributed by atoms with E-state index in [0.717, 1.165) is 6.07 Å². The van der Waals surface area contributed by atoms with Gasteiger partial charge in [-0.05, 0) is 26.3 Å². The van der Waals surface area contributed by atoms with Crippen LogP contribution in [0, 0.1) is 11.6 Å². The summed E-state index contributed by atoms with van der Waals surface area (Å²) in [6, 6.07) is 2.93. The molecule has 0 aliphatic carbocycles. The molecule has 0 radical (unpaired) electrons. The number of nitrogens with zero attached hydrogens (tertiary/aromatic N) is 3. The molecule has 2 heterocycles. The Morgan fingerprint density at radius 2 is 1.94 bits per heavy atom. The molecule has 0 bridgehead atoms. The van der Waals surface area contributed by atoms with Gasteiger partial charge in [-0.25, -0.2) is 8.78 Å². The molecule has 2 N–H and O–H groups in total. The lowest BCUT2D eigenvalue weighted by Gasteiger charge is -2.44. The molecule has 0 saturated heterocycles. The fourth-order valence-electron chi connectivity index (χ4n) is 3.67. The predicted octanol–water partition coefficient (Wildman–Crippen LogP) is 1.93. The average molecular weight is 434 g/mol. The van der Waals surface area contributed by atoms with Crippen LogP contribution in [0.5, 0.6) is 5.75 Å². The van der Waals surface area contributed by atoms with E-state index in [9.17, 15) is 28.3 Å². The third-order valence-electron chi connectivity index (χ3n) is 5.28. The molecule has 1 aromatic carbocycles. The molecule has 2 aromatic rings. The molecule has 31 heavy (non-hydrogen) atoms. The molecule has 10 heteroatoms. The normalized spacial score (nSPS) is 15.8. The number of hydrogen-bond acceptors (Lipinski definition) is 5.